The van der Waals surface area contributed by atoms with Crippen LogP contribution in [0, 0.1) is 10.1 Å². The van der Waals surface area contributed by atoms with Gasteiger partial charge in [0.2, 0.25) is 5.91 Å². The highest BCUT2D eigenvalue weighted by atomic mass is 32.2. The molecule has 0 atom stereocenters. The van der Waals surface area contributed by atoms with Crippen LogP contribution in [0.1, 0.15) is 11.1 Å². The first-order valence-electron chi connectivity index (χ1n) is 8.57. The third-order valence-corrected chi connectivity index (χ3v) is 6.04. The molecule has 1 N–H and O–H groups in total. The van der Waals surface area contributed by atoms with Crippen LogP contribution in [0.2, 0.25) is 0 Å². The number of carbonyl (C=O) groups is 1. The Labute approximate surface area is 171 Å². The molecule has 0 aromatic heterocycles. The molecule has 146 valence electrons. The number of hydrogen-bond donors (Lipinski definition) is 1. The minimum atomic E-state index is -0.434. The molecular formula is C19H19N3O4S2. The van der Waals surface area contributed by atoms with E-state index in [9.17, 15) is 14.9 Å². The maximum absolute atomic E-state index is 11.9. The minimum Gasteiger partial charge on any atom is -0.489 e. The Balaban J connectivity index is 1.39. The molecule has 7 nitrogen and oxygen atoms in total. The second kappa shape index (κ2) is 10.1. The van der Waals surface area contributed by atoms with E-state index in [1.165, 1.54) is 23.9 Å². The van der Waals surface area contributed by atoms with Crippen LogP contribution in [-0.4, -0.2) is 40.4 Å². The molecule has 0 saturated carbocycles. The largest absolute Gasteiger partial charge is 0.489 e. The highest BCUT2D eigenvalue weighted by molar-refractivity contribution is 8.00. The summed E-state index contributed by atoms with van der Waals surface area (Å²) in [6.45, 7) is 0. The van der Waals surface area contributed by atoms with E-state index in [0.29, 0.717) is 5.75 Å². The van der Waals surface area contributed by atoms with E-state index in [1.807, 2.05) is 36.0 Å². The molecule has 0 unspecified atom stereocenters. The quantitative estimate of drug-likeness (QED) is 0.381. The van der Waals surface area contributed by atoms with E-state index >= 15 is 0 Å². The van der Waals surface area contributed by atoms with Crippen LogP contribution in [0.15, 0.2) is 53.6 Å². The highest BCUT2D eigenvalue weighted by Gasteiger charge is 2.19. The molecule has 1 aliphatic rings. The van der Waals surface area contributed by atoms with Crippen molar-refractivity contribution in [2.24, 2.45) is 5.10 Å². The van der Waals surface area contributed by atoms with Gasteiger partial charge in [-0.25, -0.2) is 5.43 Å². The van der Waals surface area contributed by atoms with Crippen molar-refractivity contribution in [2.45, 2.75) is 11.9 Å². The third kappa shape index (κ3) is 6.28. The van der Waals surface area contributed by atoms with Gasteiger partial charge in [0, 0.05) is 29.4 Å². The number of benzene rings is 2. The summed E-state index contributed by atoms with van der Waals surface area (Å²) in [6, 6.07) is 13.9. The average Bonchev–Trinajstić information content (AvgIpc) is 2.65. The summed E-state index contributed by atoms with van der Waals surface area (Å²) < 4.78 is 5.82. The topological polar surface area (TPSA) is 93.8 Å². The smallest absolute Gasteiger partial charge is 0.269 e. The van der Waals surface area contributed by atoms with Crippen molar-refractivity contribution in [2.75, 3.05) is 17.3 Å². The van der Waals surface area contributed by atoms with Crippen molar-refractivity contribution in [3.63, 3.8) is 0 Å². The molecule has 2 aromatic carbocycles. The van der Waals surface area contributed by atoms with Gasteiger partial charge in [-0.2, -0.15) is 16.9 Å². The molecule has 9 heteroatoms. The van der Waals surface area contributed by atoms with E-state index in [2.05, 4.69) is 10.5 Å². The SMILES string of the molecule is O=C(CSCc1ccc([N+](=O)[O-])cc1)NN=Cc1cccc(OC2CSC2)c1. The lowest BCUT2D eigenvalue weighted by Crippen LogP contribution is -2.31. The lowest BCUT2D eigenvalue weighted by atomic mass is 10.2. The van der Waals surface area contributed by atoms with Gasteiger partial charge in [-0.1, -0.05) is 24.3 Å². The summed E-state index contributed by atoms with van der Waals surface area (Å²) in [5.74, 6) is 3.48. The highest BCUT2D eigenvalue weighted by Crippen LogP contribution is 2.24. The normalized spacial score (nSPS) is 13.9. The van der Waals surface area contributed by atoms with E-state index in [1.54, 1.807) is 18.3 Å². The van der Waals surface area contributed by atoms with Gasteiger partial charge in [0.25, 0.3) is 5.69 Å². The van der Waals surface area contributed by atoms with Crippen LogP contribution in [0.5, 0.6) is 5.75 Å². The number of amides is 1. The van der Waals surface area contributed by atoms with Crippen LogP contribution < -0.4 is 10.2 Å². The fraction of sp³-hybridized carbons (Fsp3) is 0.263. The van der Waals surface area contributed by atoms with Crippen molar-refractivity contribution in [1.82, 2.24) is 5.43 Å². The lowest BCUT2D eigenvalue weighted by Gasteiger charge is -2.25. The third-order valence-electron chi connectivity index (χ3n) is 3.82. The number of thioether (sulfide) groups is 2. The van der Waals surface area contributed by atoms with Crippen molar-refractivity contribution in [3.8, 4) is 5.75 Å². The Morgan fingerprint density at radius 1 is 1.32 bits per heavy atom. The second-order valence-corrected chi connectivity index (χ2v) is 8.12. The fourth-order valence-electron chi connectivity index (χ4n) is 2.33. The molecule has 1 fully saturated rings. The van der Waals surface area contributed by atoms with E-state index in [-0.39, 0.29) is 23.5 Å². The number of nitro benzene ring substituents is 1. The van der Waals surface area contributed by atoms with Gasteiger partial charge in [0.15, 0.2) is 0 Å². The Bertz CT molecular complexity index is 855. The summed E-state index contributed by atoms with van der Waals surface area (Å²) in [5.41, 5.74) is 4.33. The molecule has 1 amide bonds. The van der Waals surface area contributed by atoms with Crippen LogP contribution in [0.25, 0.3) is 0 Å². The zero-order valence-corrected chi connectivity index (χ0v) is 16.6. The number of carbonyl (C=O) groups excluding carboxylic acids is 1. The molecule has 28 heavy (non-hydrogen) atoms. The molecule has 0 radical (unpaired) electrons. The fourth-order valence-corrected chi connectivity index (χ4v) is 3.67. The standard InChI is InChI=1S/C19H19N3O4S2/c23-19(13-27-10-14-4-6-16(7-5-14)22(24)25)21-20-9-15-2-1-3-17(8-15)26-18-11-28-12-18/h1-9,18H,10-13H2,(H,21,23). The molecule has 3 rings (SSSR count). The van der Waals surface area contributed by atoms with Gasteiger partial charge in [0.1, 0.15) is 11.9 Å². The number of rotatable bonds is 9. The first kappa shape index (κ1) is 20.2. The van der Waals surface area contributed by atoms with Gasteiger partial charge in [-0.15, -0.1) is 11.8 Å². The molecule has 0 aliphatic carbocycles. The molecule has 2 aromatic rings. The maximum atomic E-state index is 11.9. The Morgan fingerprint density at radius 2 is 2.11 bits per heavy atom. The molecular weight excluding hydrogens is 398 g/mol. The predicted molar refractivity (Wildman–Crippen MR) is 113 cm³/mol. The molecule has 1 aliphatic heterocycles. The van der Waals surface area contributed by atoms with E-state index in [0.717, 1.165) is 28.4 Å². The predicted octanol–water partition coefficient (Wildman–Crippen LogP) is 3.47. The van der Waals surface area contributed by atoms with Crippen LogP contribution in [0.4, 0.5) is 5.69 Å². The van der Waals surface area contributed by atoms with Crippen molar-refractivity contribution in [1.29, 1.82) is 0 Å². The number of non-ortho nitro benzene ring substituents is 1. The minimum absolute atomic E-state index is 0.0573. The Kier molecular flexibility index (Phi) is 7.32. The lowest BCUT2D eigenvalue weighted by molar-refractivity contribution is -0.384. The maximum Gasteiger partial charge on any atom is 0.269 e. The number of nitro groups is 1. The zero-order chi connectivity index (χ0) is 19.8. The number of nitrogens with zero attached hydrogens (tertiary/aromatic N) is 2. The van der Waals surface area contributed by atoms with Gasteiger partial charge in [0.05, 0.1) is 16.9 Å². The first-order valence-corrected chi connectivity index (χ1v) is 10.9. The summed E-state index contributed by atoms with van der Waals surface area (Å²) in [7, 11) is 0. The van der Waals surface area contributed by atoms with Gasteiger partial charge in [-0.05, 0) is 23.3 Å². The van der Waals surface area contributed by atoms with Gasteiger partial charge < -0.3 is 4.74 Å². The average molecular weight is 418 g/mol. The summed E-state index contributed by atoms with van der Waals surface area (Å²) in [5, 5.41) is 14.6. The number of ether oxygens (including phenoxy) is 1. The molecule has 1 saturated heterocycles. The molecule has 1 heterocycles. The monoisotopic (exact) mass is 417 g/mol. The van der Waals surface area contributed by atoms with Crippen molar-refractivity contribution < 1.29 is 14.5 Å². The van der Waals surface area contributed by atoms with Crippen LogP contribution in [0.3, 0.4) is 0 Å². The number of hydrogen-bond acceptors (Lipinski definition) is 7. The number of nitrogens with one attached hydrogen (secondary N) is 1. The summed E-state index contributed by atoms with van der Waals surface area (Å²) >= 11 is 3.28. The van der Waals surface area contributed by atoms with Crippen LogP contribution >= 0.6 is 23.5 Å². The second-order valence-electron chi connectivity index (χ2n) is 6.06. The van der Waals surface area contributed by atoms with E-state index in [4.69, 9.17) is 4.74 Å². The van der Waals surface area contributed by atoms with Gasteiger partial charge in [-0.3, -0.25) is 14.9 Å². The van der Waals surface area contributed by atoms with Crippen LogP contribution in [-0.2, 0) is 10.5 Å². The molecule has 0 bridgehead atoms. The first-order chi connectivity index (χ1) is 13.6. The van der Waals surface area contributed by atoms with E-state index < -0.39 is 4.92 Å². The van der Waals surface area contributed by atoms with Gasteiger partial charge >= 0.3 is 0 Å². The zero-order valence-electron chi connectivity index (χ0n) is 14.9. The van der Waals surface area contributed by atoms with Crippen molar-refractivity contribution >= 4 is 41.3 Å². The Morgan fingerprint density at radius 3 is 2.79 bits per heavy atom. The van der Waals surface area contributed by atoms with Crippen molar-refractivity contribution in [3.05, 3.63) is 69.8 Å². The Hall–Kier alpha value is -2.52. The summed E-state index contributed by atoms with van der Waals surface area (Å²) in [4.78, 5) is 22.1. The summed E-state index contributed by atoms with van der Waals surface area (Å²) in [6.07, 6.45) is 1.87. The number of hydrazone groups is 1. The molecule has 0 spiro atoms.